The fraction of sp³-hybridized carbons (Fsp3) is 0.238. The van der Waals surface area contributed by atoms with E-state index in [0.29, 0.717) is 34.4 Å². The molecule has 0 aliphatic heterocycles. The van der Waals surface area contributed by atoms with Gasteiger partial charge in [-0.2, -0.15) is 0 Å². The molecular formula is C21H20FN5O3S. The van der Waals surface area contributed by atoms with Crippen molar-refractivity contribution in [3.8, 4) is 5.75 Å². The summed E-state index contributed by atoms with van der Waals surface area (Å²) in [7, 11) is 0. The van der Waals surface area contributed by atoms with E-state index in [1.807, 2.05) is 0 Å². The Labute approximate surface area is 181 Å². The number of thiazole rings is 1. The number of halogens is 1. The molecular weight excluding hydrogens is 421 g/mol. The first-order valence-corrected chi connectivity index (χ1v) is 10.4. The SMILES string of the molecule is Cc1cc(F)c(C(=O)Nc2ccc(OCC3CC3)cn2)cc1NC(=O)c1cnc(N)s1. The third-order valence-corrected chi connectivity index (χ3v) is 5.54. The van der Waals surface area contributed by atoms with Gasteiger partial charge in [0, 0.05) is 5.69 Å². The van der Waals surface area contributed by atoms with Gasteiger partial charge in [-0.15, -0.1) is 0 Å². The van der Waals surface area contributed by atoms with Gasteiger partial charge in [-0.25, -0.2) is 14.4 Å². The summed E-state index contributed by atoms with van der Waals surface area (Å²) in [6.07, 6.45) is 5.23. The molecule has 0 radical (unpaired) electrons. The molecule has 160 valence electrons. The number of carbonyl (C=O) groups excluding carboxylic acids is 2. The van der Waals surface area contributed by atoms with Crippen molar-refractivity contribution in [1.82, 2.24) is 9.97 Å². The molecule has 0 saturated heterocycles. The Hall–Kier alpha value is -3.53. The van der Waals surface area contributed by atoms with Gasteiger partial charge in [0.2, 0.25) is 0 Å². The van der Waals surface area contributed by atoms with Crippen molar-refractivity contribution >= 4 is 39.8 Å². The highest BCUT2D eigenvalue weighted by Crippen LogP contribution is 2.29. The van der Waals surface area contributed by atoms with Crippen LogP contribution in [0.5, 0.6) is 5.75 Å². The molecule has 1 aromatic carbocycles. The molecule has 0 unspecified atom stereocenters. The van der Waals surface area contributed by atoms with Gasteiger partial charge < -0.3 is 21.1 Å². The third kappa shape index (κ3) is 5.15. The third-order valence-electron chi connectivity index (χ3n) is 4.71. The van der Waals surface area contributed by atoms with E-state index in [9.17, 15) is 14.0 Å². The van der Waals surface area contributed by atoms with Crippen molar-refractivity contribution in [2.45, 2.75) is 19.8 Å². The molecule has 1 aliphatic carbocycles. The van der Waals surface area contributed by atoms with Crippen LogP contribution in [0.3, 0.4) is 0 Å². The van der Waals surface area contributed by atoms with Crippen molar-refractivity contribution in [1.29, 1.82) is 0 Å². The number of carbonyl (C=O) groups is 2. The number of pyridine rings is 1. The van der Waals surface area contributed by atoms with Crippen molar-refractivity contribution in [3.05, 3.63) is 58.5 Å². The largest absolute Gasteiger partial charge is 0.492 e. The van der Waals surface area contributed by atoms with Crippen molar-refractivity contribution in [3.63, 3.8) is 0 Å². The Morgan fingerprint density at radius 3 is 2.65 bits per heavy atom. The second-order valence-electron chi connectivity index (χ2n) is 7.25. The first-order chi connectivity index (χ1) is 14.9. The summed E-state index contributed by atoms with van der Waals surface area (Å²) in [6, 6.07) is 5.76. The highest BCUT2D eigenvalue weighted by Gasteiger charge is 2.22. The van der Waals surface area contributed by atoms with E-state index >= 15 is 0 Å². The van der Waals surface area contributed by atoms with Gasteiger partial charge >= 0.3 is 0 Å². The minimum Gasteiger partial charge on any atom is -0.492 e. The molecule has 1 saturated carbocycles. The first kappa shape index (κ1) is 20.7. The van der Waals surface area contributed by atoms with Crippen LogP contribution in [0, 0.1) is 18.7 Å². The Balaban J connectivity index is 1.45. The topological polar surface area (TPSA) is 119 Å². The van der Waals surface area contributed by atoms with Gasteiger partial charge in [0.1, 0.15) is 22.3 Å². The van der Waals surface area contributed by atoms with Crippen LogP contribution >= 0.6 is 11.3 Å². The molecule has 1 fully saturated rings. The van der Waals surface area contributed by atoms with Gasteiger partial charge in [0.25, 0.3) is 11.8 Å². The summed E-state index contributed by atoms with van der Waals surface area (Å²) in [5, 5.41) is 5.48. The molecule has 4 rings (SSSR count). The van der Waals surface area contributed by atoms with Crippen LogP contribution < -0.4 is 21.1 Å². The number of amides is 2. The van der Waals surface area contributed by atoms with Crippen LogP contribution in [-0.4, -0.2) is 28.4 Å². The number of hydrogen-bond acceptors (Lipinski definition) is 7. The average molecular weight is 441 g/mol. The van der Waals surface area contributed by atoms with Crippen LogP contribution in [0.1, 0.15) is 38.4 Å². The summed E-state index contributed by atoms with van der Waals surface area (Å²) in [6.45, 7) is 2.29. The predicted octanol–water partition coefficient (Wildman–Crippen LogP) is 3.86. The summed E-state index contributed by atoms with van der Waals surface area (Å²) in [4.78, 5) is 33.2. The summed E-state index contributed by atoms with van der Waals surface area (Å²) in [5.74, 6) is -0.353. The molecule has 3 aromatic rings. The van der Waals surface area contributed by atoms with Gasteiger partial charge in [-0.1, -0.05) is 11.3 Å². The number of anilines is 3. The minimum atomic E-state index is -0.709. The normalized spacial score (nSPS) is 13.0. The minimum absolute atomic E-state index is 0.222. The van der Waals surface area contributed by atoms with Crippen molar-refractivity contribution < 1.29 is 18.7 Å². The second-order valence-corrected chi connectivity index (χ2v) is 8.31. The number of aromatic nitrogens is 2. The zero-order chi connectivity index (χ0) is 22.0. The molecule has 8 nitrogen and oxygen atoms in total. The summed E-state index contributed by atoms with van der Waals surface area (Å²) >= 11 is 1.03. The highest BCUT2D eigenvalue weighted by atomic mass is 32.1. The van der Waals surface area contributed by atoms with E-state index in [0.717, 1.165) is 11.3 Å². The van der Waals surface area contributed by atoms with Crippen LogP contribution in [0.4, 0.5) is 21.0 Å². The molecule has 4 N–H and O–H groups in total. The standard InChI is InChI=1S/C21H20FN5O3S/c1-11-6-15(22)14(7-16(11)26-20(29)17-9-25-21(23)31-17)19(28)27-18-5-4-13(8-24-18)30-10-12-2-3-12/h4-9,12H,2-3,10H2,1H3,(H2,23,25)(H,26,29)(H,24,27,28). The second kappa shape index (κ2) is 8.68. The van der Waals surface area contributed by atoms with Gasteiger partial charge in [0.05, 0.1) is 24.6 Å². The molecule has 0 spiro atoms. The van der Waals surface area contributed by atoms with Crippen LogP contribution in [0.15, 0.2) is 36.7 Å². The number of hydrogen-bond donors (Lipinski definition) is 3. The predicted molar refractivity (Wildman–Crippen MR) is 116 cm³/mol. The van der Waals surface area contributed by atoms with E-state index in [2.05, 4.69) is 20.6 Å². The van der Waals surface area contributed by atoms with E-state index in [1.54, 1.807) is 19.1 Å². The van der Waals surface area contributed by atoms with Crippen molar-refractivity contribution in [2.24, 2.45) is 5.92 Å². The Morgan fingerprint density at radius 2 is 2.00 bits per heavy atom. The zero-order valence-corrected chi connectivity index (χ0v) is 17.5. The molecule has 1 aliphatic rings. The van der Waals surface area contributed by atoms with E-state index < -0.39 is 17.6 Å². The monoisotopic (exact) mass is 441 g/mol. The van der Waals surface area contributed by atoms with Crippen LogP contribution in [0.2, 0.25) is 0 Å². The number of ether oxygens (including phenoxy) is 1. The summed E-state index contributed by atoms with van der Waals surface area (Å²) in [5.41, 5.74) is 6.10. The van der Waals surface area contributed by atoms with E-state index in [4.69, 9.17) is 10.5 Å². The van der Waals surface area contributed by atoms with Crippen molar-refractivity contribution in [2.75, 3.05) is 23.0 Å². The highest BCUT2D eigenvalue weighted by molar-refractivity contribution is 7.17. The maximum Gasteiger partial charge on any atom is 0.267 e. The molecule has 10 heteroatoms. The van der Waals surface area contributed by atoms with Gasteiger partial charge in [-0.05, 0) is 55.5 Å². The molecule has 2 amide bonds. The van der Waals surface area contributed by atoms with Crippen LogP contribution in [0.25, 0.3) is 0 Å². The molecule has 0 bridgehead atoms. The summed E-state index contributed by atoms with van der Waals surface area (Å²) < 4.78 is 20.1. The zero-order valence-electron chi connectivity index (χ0n) is 16.6. The smallest absolute Gasteiger partial charge is 0.267 e. The number of nitrogens with zero attached hydrogens (tertiary/aromatic N) is 2. The number of nitrogens with two attached hydrogens (primary N) is 1. The number of aryl methyl sites for hydroxylation is 1. The fourth-order valence-electron chi connectivity index (χ4n) is 2.78. The Morgan fingerprint density at radius 1 is 1.19 bits per heavy atom. The molecule has 2 heterocycles. The molecule has 0 atom stereocenters. The molecule has 31 heavy (non-hydrogen) atoms. The number of nitrogen functional groups attached to an aromatic ring is 1. The Kier molecular flexibility index (Phi) is 5.81. The van der Waals surface area contributed by atoms with E-state index in [1.165, 1.54) is 37.4 Å². The lowest BCUT2D eigenvalue weighted by Gasteiger charge is -2.12. The van der Waals surface area contributed by atoms with Gasteiger partial charge in [0.15, 0.2) is 5.13 Å². The fourth-order valence-corrected chi connectivity index (χ4v) is 3.36. The lowest BCUT2D eigenvalue weighted by Crippen LogP contribution is -2.17. The maximum absolute atomic E-state index is 14.5. The Bertz CT molecular complexity index is 1130. The lowest BCUT2D eigenvalue weighted by atomic mass is 10.1. The number of benzene rings is 1. The molecule has 2 aromatic heterocycles. The van der Waals surface area contributed by atoms with Gasteiger partial charge in [-0.3, -0.25) is 9.59 Å². The number of nitrogens with one attached hydrogen (secondary N) is 2. The average Bonchev–Trinajstić information content (AvgIpc) is 3.47. The first-order valence-electron chi connectivity index (χ1n) is 9.62. The number of rotatable bonds is 7. The maximum atomic E-state index is 14.5. The van der Waals surface area contributed by atoms with Crippen LogP contribution in [-0.2, 0) is 0 Å². The van der Waals surface area contributed by atoms with E-state index in [-0.39, 0.29) is 16.5 Å². The lowest BCUT2D eigenvalue weighted by molar-refractivity contribution is 0.101. The quantitative estimate of drug-likeness (QED) is 0.512.